The first-order valence-corrected chi connectivity index (χ1v) is 6.62. The van der Waals surface area contributed by atoms with Crippen LogP contribution in [0.4, 0.5) is 0 Å². The summed E-state index contributed by atoms with van der Waals surface area (Å²) in [6, 6.07) is 8.19. The molecule has 1 atom stereocenters. The summed E-state index contributed by atoms with van der Waals surface area (Å²) < 4.78 is 0. The van der Waals surface area contributed by atoms with Gasteiger partial charge in [-0.15, -0.1) is 0 Å². The van der Waals surface area contributed by atoms with E-state index in [1.165, 1.54) is 12.8 Å². The molecule has 84 valence electrons. The fraction of sp³-hybridized carbons (Fsp3) is 0.417. The molecule has 0 saturated carbocycles. The second kappa shape index (κ2) is 4.47. The molecule has 1 fully saturated rings. The van der Waals surface area contributed by atoms with Gasteiger partial charge < -0.3 is 10.3 Å². The van der Waals surface area contributed by atoms with E-state index in [0.717, 1.165) is 29.3 Å². The minimum Gasteiger partial charge on any atom is -0.333 e. The van der Waals surface area contributed by atoms with Crippen LogP contribution in [0.3, 0.4) is 0 Å². The quantitative estimate of drug-likeness (QED) is 0.837. The first-order chi connectivity index (χ1) is 7.92. The van der Waals surface area contributed by atoms with Crippen molar-refractivity contribution in [2.24, 2.45) is 0 Å². The second-order valence-corrected chi connectivity index (χ2v) is 5.43. The molecule has 0 spiro atoms. The standard InChI is InChI=1S/C12H15N3S/c1-2-6-11-10(5-1)14-12(15-11)16-9-4-3-7-13-8-9/h1-2,5-6,9,13H,3-4,7-8H2,(H,14,15)/t9-/m1/s1. The van der Waals surface area contributed by atoms with E-state index in [0.29, 0.717) is 5.25 Å². The smallest absolute Gasteiger partial charge is 0.166 e. The molecule has 2 N–H and O–H groups in total. The summed E-state index contributed by atoms with van der Waals surface area (Å²) in [5.74, 6) is 0. The molecule has 0 unspecified atom stereocenters. The van der Waals surface area contributed by atoms with Gasteiger partial charge in [0.1, 0.15) is 0 Å². The number of nitrogens with zero attached hydrogens (tertiary/aromatic N) is 1. The SMILES string of the molecule is c1ccc2[nH]c(S[C@@H]3CCCNC3)nc2c1. The van der Waals surface area contributed by atoms with Crippen molar-refractivity contribution in [1.29, 1.82) is 0 Å². The van der Waals surface area contributed by atoms with Crippen LogP contribution < -0.4 is 5.32 Å². The molecule has 16 heavy (non-hydrogen) atoms. The Balaban J connectivity index is 1.78. The van der Waals surface area contributed by atoms with Crippen molar-refractivity contribution in [3.63, 3.8) is 0 Å². The average molecular weight is 233 g/mol. The van der Waals surface area contributed by atoms with E-state index in [2.05, 4.69) is 27.4 Å². The highest BCUT2D eigenvalue weighted by Crippen LogP contribution is 2.26. The first kappa shape index (κ1) is 10.2. The zero-order chi connectivity index (χ0) is 10.8. The number of rotatable bonds is 2. The van der Waals surface area contributed by atoms with E-state index >= 15 is 0 Å². The number of aromatic nitrogens is 2. The van der Waals surface area contributed by atoms with E-state index in [4.69, 9.17) is 0 Å². The van der Waals surface area contributed by atoms with Gasteiger partial charge in [0.2, 0.25) is 0 Å². The summed E-state index contributed by atoms with van der Waals surface area (Å²) in [5.41, 5.74) is 2.20. The Morgan fingerprint density at radius 3 is 3.06 bits per heavy atom. The summed E-state index contributed by atoms with van der Waals surface area (Å²) in [5, 5.41) is 5.14. The van der Waals surface area contributed by atoms with Crippen LogP contribution in [-0.4, -0.2) is 28.3 Å². The maximum absolute atomic E-state index is 4.59. The van der Waals surface area contributed by atoms with Crippen LogP contribution in [0.25, 0.3) is 11.0 Å². The van der Waals surface area contributed by atoms with Gasteiger partial charge in [-0.1, -0.05) is 23.9 Å². The molecule has 1 saturated heterocycles. The Bertz CT molecular complexity index is 441. The number of H-pyrrole nitrogens is 1. The molecule has 0 bridgehead atoms. The van der Waals surface area contributed by atoms with Crippen LogP contribution >= 0.6 is 11.8 Å². The summed E-state index contributed by atoms with van der Waals surface area (Å²) in [6.07, 6.45) is 2.56. The monoisotopic (exact) mass is 233 g/mol. The number of thioether (sulfide) groups is 1. The zero-order valence-corrected chi connectivity index (χ0v) is 9.89. The van der Waals surface area contributed by atoms with Crippen LogP contribution in [0.1, 0.15) is 12.8 Å². The number of hydrogen-bond acceptors (Lipinski definition) is 3. The van der Waals surface area contributed by atoms with E-state index in [1.54, 1.807) is 0 Å². The number of nitrogens with one attached hydrogen (secondary N) is 2. The van der Waals surface area contributed by atoms with E-state index in [1.807, 2.05) is 23.9 Å². The second-order valence-electron chi connectivity index (χ2n) is 4.15. The number of imidazole rings is 1. The Labute approximate surface area is 99.0 Å². The normalized spacial score (nSPS) is 21.4. The van der Waals surface area contributed by atoms with Crippen LogP contribution in [0.5, 0.6) is 0 Å². The van der Waals surface area contributed by atoms with E-state index < -0.39 is 0 Å². The molecular formula is C12H15N3S. The van der Waals surface area contributed by atoms with E-state index in [9.17, 15) is 0 Å². The Morgan fingerprint density at radius 2 is 2.25 bits per heavy atom. The number of aromatic amines is 1. The van der Waals surface area contributed by atoms with Gasteiger partial charge in [0.15, 0.2) is 5.16 Å². The lowest BCUT2D eigenvalue weighted by atomic mass is 10.2. The van der Waals surface area contributed by atoms with Crippen molar-refractivity contribution in [3.8, 4) is 0 Å². The van der Waals surface area contributed by atoms with Crippen molar-refractivity contribution in [3.05, 3.63) is 24.3 Å². The van der Waals surface area contributed by atoms with Gasteiger partial charge in [0.05, 0.1) is 11.0 Å². The fourth-order valence-corrected chi connectivity index (χ4v) is 3.18. The maximum Gasteiger partial charge on any atom is 0.166 e. The van der Waals surface area contributed by atoms with Crippen LogP contribution in [-0.2, 0) is 0 Å². The molecule has 2 heterocycles. The number of para-hydroxylation sites is 2. The predicted molar refractivity (Wildman–Crippen MR) is 67.8 cm³/mol. The fourth-order valence-electron chi connectivity index (χ4n) is 2.06. The van der Waals surface area contributed by atoms with Crippen molar-refractivity contribution in [1.82, 2.24) is 15.3 Å². The summed E-state index contributed by atoms with van der Waals surface area (Å²) in [6.45, 7) is 2.26. The number of hydrogen-bond donors (Lipinski definition) is 2. The van der Waals surface area contributed by atoms with Gasteiger partial charge in [-0.25, -0.2) is 4.98 Å². The van der Waals surface area contributed by atoms with Gasteiger partial charge in [-0.3, -0.25) is 0 Å². The molecule has 1 aliphatic rings. The summed E-state index contributed by atoms with van der Waals surface area (Å²) >= 11 is 1.86. The van der Waals surface area contributed by atoms with Crippen LogP contribution in [0, 0.1) is 0 Å². The highest BCUT2D eigenvalue weighted by molar-refractivity contribution is 7.99. The van der Waals surface area contributed by atoms with Crippen LogP contribution in [0.2, 0.25) is 0 Å². The van der Waals surface area contributed by atoms with Gasteiger partial charge in [-0.2, -0.15) is 0 Å². The van der Waals surface area contributed by atoms with Crippen molar-refractivity contribution in [2.45, 2.75) is 23.2 Å². The molecule has 2 aromatic rings. The number of fused-ring (bicyclic) bond motifs is 1. The third-order valence-corrected chi connectivity index (χ3v) is 4.05. The molecule has 1 aromatic heterocycles. The molecule has 1 aromatic carbocycles. The topological polar surface area (TPSA) is 40.7 Å². The average Bonchev–Trinajstić information content (AvgIpc) is 2.72. The first-order valence-electron chi connectivity index (χ1n) is 5.74. The van der Waals surface area contributed by atoms with Crippen molar-refractivity contribution >= 4 is 22.8 Å². The minimum atomic E-state index is 0.661. The summed E-state index contributed by atoms with van der Waals surface area (Å²) in [7, 11) is 0. The lowest BCUT2D eigenvalue weighted by Crippen LogP contribution is -2.31. The zero-order valence-electron chi connectivity index (χ0n) is 9.07. The van der Waals surface area contributed by atoms with Crippen molar-refractivity contribution < 1.29 is 0 Å². The molecule has 0 aliphatic carbocycles. The molecule has 3 nitrogen and oxygen atoms in total. The third-order valence-electron chi connectivity index (χ3n) is 2.90. The van der Waals surface area contributed by atoms with Gasteiger partial charge in [-0.05, 0) is 31.5 Å². The molecule has 1 aliphatic heterocycles. The summed E-state index contributed by atoms with van der Waals surface area (Å²) in [4.78, 5) is 7.95. The van der Waals surface area contributed by atoms with Gasteiger partial charge in [0, 0.05) is 11.8 Å². The Hall–Kier alpha value is -1.00. The number of benzene rings is 1. The highest BCUT2D eigenvalue weighted by Gasteiger charge is 2.15. The van der Waals surface area contributed by atoms with Gasteiger partial charge in [0.25, 0.3) is 0 Å². The van der Waals surface area contributed by atoms with E-state index in [-0.39, 0.29) is 0 Å². The Kier molecular flexibility index (Phi) is 2.84. The molecular weight excluding hydrogens is 218 g/mol. The molecule has 4 heteroatoms. The van der Waals surface area contributed by atoms with Crippen molar-refractivity contribution in [2.75, 3.05) is 13.1 Å². The Morgan fingerprint density at radius 1 is 1.31 bits per heavy atom. The van der Waals surface area contributed by atoms with Crippen LogP contribution in [0.15, 0.2) is 29.4 Å². The molecule has 3 rings (SSSR count). The molecule has 0 radical (unpaired) electrons. The largest absolute Gasteiger partial charge is 0.333 e. The predicted octanol–water partition coefficient (Wildman–Crippen LogP) is 2.41. The maximum atomic E-state index is 4.59. The lowest BCUT2D eigenvalue weighted by Gasteiger charge is -2.20. The number of piperidine rings is 1. The minimum absolute atomic E-state index is 0.661. The lowest BCUT2D eigenvalue weighted by molar-refractivity contribution is 0.531. The van der Waals surface area contributed by atoms with Gasteiger partial charge >= 0.3 is 0 Å². The molecule has 0 amide bonds. The third kappa shape index (κ3) is 2.08. The highest BCUT2D eigenvalue weighted by atomic mass is 32.2.